The van der Waals surface area contributed by atoms with Gasteiger partial charge in [0.2, 0.25) is 5.91 Å². The van der Waals surface area contributed by atoms with E-state index in [9.17, 15) is 4.79 Å². The zero-order chi connectivity index (χ0) is 11.5. The van der Waals surface area contributed by atoms with E-state index < -0.39 is 0 Å². The number of ether oxygens (including phenoxy) is 1. The molecule has 0 rings (SSSR count). The topological polar surface area (TPSA) is 64.3 Å². The fraction of sp³-hybridized carbons (Fsp3) is 0.909. The van der Waals surface area contributed by atoms with Crippen LogP contribution in [0.4, 0.5) is 0 Å². The second kappa shape index (κ2) is 9.93. The summed E-state index contributed by atoms with van der Waals surface area (Å²) in [6.07, 6.45) is 4.92. The number of methoxy groups -OCH3 is 1. The van der Waals surface area contributed by atoms with Crippen molar-refractivity contribution in [2.24, 2.45) is 5.73 Å². The summed E-state index contributed by atoms with van der Waals surface area (Å²) in [5.74, 6) is 0.117. The van der Waals surface area contributed by atoms with Crippen molar-refractivity contribution in [3.8, 4) is 0 Å². The van der Waals surface area contributed by atoms with Gasteiger partial charge in [-0.1, -0.05) is 12.8 Å². The summed E-state index contributed by atoms with van der Waals surface area (Å²) < 4.78 is 5.03. The molecule has 0 fully saturated rings. The van der Waals surface area contributed by atoms with Gasteiger partial charge in [0, 0.05) is 20.1 Å². The Morgan fingerprint density at radius 3 is 2.60 bits per heavy atom. The summed E-state index contributed by atoms with van der Waals surface area (Å²) in [6, 6.07) is 0. The highest BCUT2D eigenvalue weighted by Crippen LogP contribution is 2.01. The van der Waals surface area contributed by atoms with Crippen molar-refractivity contribution < 1.29 is 9.53 Å². The molecule has 15 heavy (non-hydrogen) atoms. The van der Waals surface area contributed by atoms with Gasteiger partial charge in [0.15, 0.2) is 0 Å². The Kier molecular flexibility index (Phi) is 9.52. The normalized spacial score (nSPS) is 12.5. The van der Waals surface area contributed by atoms with E-state index in [1.165, 1.54) is 0 Å². The third-order valence-corrected chi connectivity index (χ3v) is 2.35. The molecule has 90 valence electrons. The van der Waals surface area contributed by atoms with Crippen LogP contribution < -0.4 is 11.1 Å². The van der Waals surface area contributed by atoms with Gasteiger partial charge in [0.1, 0.15) is 0 Å². The van der Waals surface area contributed by atoms with Crippen LogP contribution in [-0.2, 0) is 9.53 Å². The minimum Gasteiger partial charge on any atom is -0.380 e. The Morgan fingerprint density at radius 1 is 1.33 bits per heavy atom. The second-order valence-corrected chi connectivity index (χ2v) is 3.80. The van der Waals surface area contributed by atoms with Crippen LogP contribution >= 0.6 is 0 Å². The van der Waals surface area contributed by atoms with Gasteiger partial charge in [-0.3, -0.25) is 4.79 Å². The van der Waals surface area contributed by atoms with Gasteiger partial charge in [-0.2, -0.15) is 0 Å². The number of nitrogens with two attached hydrogens (primary N) is 1. The van der Waals surface area contributed by atoms with Crippen LogP contribution in [0.2, 0.25) is 0 Å². The SMILES string of the molecule is COC(C)CNC(=O)CCCCCCN. The van der Waals surface area contributed by atoms with E-state index in [1.807, 2.05) is 6.92 Å². The summed E-state index contributed by atoms with van der Waals surface area (Å²) in [4.78, 5) is 11.3. The first-order chi connectivity index (χ1) is 7.20. The van der Waals surface area contributed by atoms with Crippen molar-refractivity contribution in [3.63, 3.8) is 0 Å². The first-order valence-corrected chi connectivity index (χ1v) is 5.70. The lowest BCUT2D eigenvalue weighted by molar-refractivity contribution is -0.121. The van der Waals surface area contributed by atoms with Crippen molar-refractivity contribution in [2.45, 2.75) is 45.1 Å². The van der Waals surface area contributed by atoms with Gasteiger partial charge in [-0.15, -0.1) is 0 Å². The maximum atomic E-state index is 11.3. The van der Waals surface area contributed by atoms with Gasteiger partial charge in [0.05, 0.1) is 6.10 Å². The van der Waals surface area contributed by atoms with Crippen LogP contribution in [0.5, 0.6) is 0 Å². The molecule has 0 aliphatic heterocycles. The van der Waals surface area contributed by atoms with Crippen LogP contribution in [-0.4, -0.2) is 32.2 Å². The van der Waals surface area contributed by atoms with Crippen LogP contribution in [0, 0.1) is 0 Å². The lowest BCUT2D eigenvalue weighted by Crippen LogP contribution is -2.31. The number of rotatable bonds is 9. The third-order valence-electron chi connectivity index (χ3n) is 2.35. The molecule has 1 atom stereocenters. The minimum absolute atomic E-state index is 0.0891. The molecule has 0 saturated carbocycles. The van der Waals surface area contributed by atoms with Crippen molar-refractivity contribution >= 4 is 5.91 Å². The lowest BCUT2D eigenvalue weighted by atomic mass is 10.1. The maximum Gasteiger partial charge on any atom is 0.220 e. The molecule has 0 spiro atoms. The molecule has 0 aliphatic carbocycles. The van der Waals surface area contributed by atoms with E-state index in [-0.39, 0.29) is 12.0 Å². The number of unbranched alkanes of at least 4 members (excludes halogenated alkanes) is 3. The van der Waals surface area contributed by atoms with Gasteiger partial charge in [-0.25, -0.2) is 0 Å². The fourth-order valence-corrected chi connectivity index (χ4v) is 1.21. The molecule has 0 radical (unpaired) electrons. The predicted molar refractivity (Wildman–Crippen MR) is 61.6 cm³/mol. The quantitative estimate of drug-likeness (QED) is 0.566. The number of hydrogen-bond donors (Lipinski definition) is 2. The highest BCUT2D eigenvalue weighted by Gasteiger charge is 2.03. The number of carbonyl (C=O) groups excluding carboxylic acids is 1. The summed E-state index contributed by atoms with van der Waals surface area (Å²) >= 11 is 0. The summed E-state index contributed by atoms with van der Waals surface area (Å²) in [5.41, 5.74) is 5.37. The average molecular weight is 216 g/mol. The van der Waals surface area contributed by atoms with Crippen molar-refractivity contribution in [1.29, 1.82) is 0 Å². The van der Waals surface area contributed by atoms with Gasteiger partial charge < -0.3 is 15.8 Å². The van der Waals surface area contributed by atoms with Crippen LogP contribution in [0.15, 0.2) is 0 Å². The molecule has 0 aromatic heterocycles. The zero-order valence-electron chi connectivity index (χ0n) is 9.92. The van der Waals surface area contributed by atoms with Crippen LogP contribution in [0.25, 0.3) is 0 Å². The first-order valence-electron chi connectivity index (χ1n) is 5.70. The lowest BCUT2D eigenvalue weighted by Gasteiger charge is -2.10. The highest BCUT2D eigenvalue weighted by molar-refractivity contribution is 5.75. The smallest absolute Gasteiger partial charge is 0.220 e. The van der Waals surface area contributed by atoms with Gasteiger partial charge >= 0.3 is 0 Å². The van der Waals surface area contributed by atoms with E-state index in [0.717, 1.165) is 32.2 Å². The summed E-state index contributed by atoms with van der Waals surface area (Å²) in [6.45, 7) is 3.28. The van der Waals surface area contributed by atoms with Crippen LogP contribution in [0.1, 0.15) is 39.0 Å². The molecule has 0 bridgehead atoms. The first kappa shape index (κ1) is 14.4. The average Bonchev–Trinajstić information content (AvgIpc) is 2.25. The van der Waals surface area contributed by atoms with Gasteiger partial charge in [0.25, 0.3) is 0 Å². The second-order valence-electron chi connectivity index (χ2n) is 3.80. The third kappa shape index (κ3) is 9.69. The Labute approximate surface area is 92.6 Å². The molecule has 1 amide bonds. The van der Waals surface area contributed by atoms with Crippen molar-refractivity contribution in [3.05, 3.63) is 0 Å². The largest absolute Gasteiger partial charge is 0.380 e. The molecule has 0 aromatic carbocycles. The van der Waals surface area contributed by atoms with Crippen molar-refractivity contribution in [1.82, 2.24) is 5.32 Å². The molecule has 0 aromatic rings. The molecule has 0 saturated heterocycles. The fourth-order valence-electron chi connectivity index (χ4n) is 1.21. The molecule has 4 heteroatoms. The maximum absolute atomic E-state index is 11.3. The molecular formula is C11H24N2O2. The standard InChI is InChI=1S/C11H24N2O2/c1-10(15-2)9-13-11(14)7-5-3-4-6-8-12/h10H,3-9,12H2,1-2H3,(H,13,14). The molecule has 4 nitrogen and oxygen atoms in total. The van der Waals surface area contributed by atoms with E-state index >= 15 is 0 Å². The summed E-state index contributed by atoms with van der Waals surface area (Å²) in [7, 11) is 1.64. The molecule has 1 unspecified atom stereocenters. The molecule has 0 aliphatic rings. The van der Waals surface area contributed by atoms with Crippen molar-refractivity contribution in [2.75, 3.05) is 20.2 Å². The Hall–Kier alpha value is -0.610. The van der Waals surface area contributed by atoms with Gasteiger partial charge in [-0.05, 0) is 26.3 Å². The summed E-state index contributed by atoms with van der Waals surface area (Å²) in [5, 5.41) is 2.84. The molecule has 0 heterocycles. The van der Waals surface area contributed by atoms with E-state index in [4.69, 9.17) is 10.5 Å². The van der Waals surface area contributed by atoms with Crippen LogP contribution in [0.3, 0.4) is 0 Å². The van der Waals surface area contributed by atoms with E-state index in [0.29, 0.717) is 13.0 Å². The van der Waals surface area contributed by atoms with E-state index in [1.54, 1.807) is 7.11 Å². The number of nitrogens with one attached hydrogen (secondary N) is 1. The number of amides is 1. The highest BCUT2D eigenvalue weighted by atomic mass is 16.5. The Morgan fingerprint density at radius 2 is 2.00 bits per heavy atom. The monoisotopic (exact) mass is 216 g/mol. The van der Waals surface area contributed by atoms with E-state index in [2.05, 4.69) is 5.32 Å². The number of hydrogen-bond acceptors (Lipinski definition) is 3. The predicted octanol–water partition coefficient (Wildman–Crippen LogP) is 1.05. The number of carbonyl (C=O) groups is 1. The Balaban J connectivity index is 3.26. The molecule has 3 N–H and O–H groups in total. The minimum atomic E-state index is 0.0891. The Bertz CT molecular complexity index is 163. The zero-order valence-corrected chi connectivity index (χ0v) is 9.92. The molecular weight excluding hydrogens is 192 g/mol.